The van der Waals surface area contributed by atoms with Crippen LogP contribution >= 0.6 is 11.6 Å². The van der Waals surface area contributed by atoms with E-state index in [4.69, 9.17) is 11.6 Å². The number of rotatable bonds is 5. The molecule has 0 atom stereocenters. The van der Waals surface area contributed by atoms with E-state index in [0.29, 0.717) is 10.7 Å². The number of aromatic nitrogens is 1. The predicted molar refractivity (Wildman–Crippen MR) is 90.1 cm³/mol. The van der Waals surface area contributed by atoms with E-state index in [2.05, 4.69) is 10.3 Å². The van der Waals surface area contributed by atoms with Gasteiger partial charge in [0.1, 0.15) is 6.54 Å². The van der Waals surface area contributed by atoms with Gasteiger partial charge in [0.25, 0.3) is 0 Å². The Bertz CT molecular complexity index is 704. The van der Waals surface area contributed by atoms with Crippen LogP contribution in [0.25, 0.3) is 0 Å². The number of pyridine rings is 1. The van der Waals surface area contributed by atoms with E-state index in [-0.39, 0.29) is 24.9 Å². The second kappa shape index (κ2) is 7.74. The lowest BCUT2D eigenvalue weighted by atomic mass is 10.2. The van der Waals surface area contributed by atoms with Crippen molar-refractivity contribution >= 4 is 29.1 Å². The number of amides is 2. The summed E-state index contributed by atoms with van der Waals surface area (Å²) in [5, 5.41) is 3.33. The number of halogens is 1. The molecule has 2 rings (SSSR count). The molecule has 1 aromatic carbocycles. The second-order valence-corrected chi connectivity index (χ2v) is 5.64. The highest BCUT2D eigenvalue weighted by Crippen LogP contribution is 2.20. The van der Waals surface area contributed by atoms with Crippen molar-refractivity contribution in [2.24, 2.45) is 0 Å². The van der Waals surface area contributed by atoms with Gasteiger partial charge in [0, 0.05) is 23.8 Å². The first-order valence-electron chi connectivity index (χ1n) is 7.17. The quantitative estimate of drug-likeness (QED) is 0.916. The number of hydrogen-bond acceptors (Lipinski definition) is 3. The maximum Gasteiger partial charge on any atom is 0.244 e. The zero-order chi connectivity index (χ0) is 16.8. The fourth-order valence-electron chi connectivity index (χ4n) is 2.06. The fourth-order valence-corrected chi connectivity index (χ4v) is 2.23. The van der Waals surface area contributed by atoms with Crippen molar-refractivity contribution in [3.8, 4) is 0 Å². The molecule has 120 valence electrons. The highest BCUT2D eigenvalue weighted by molar-refractivity contribution is 6.31. The van der Waals surface area contributed by atoms with Gasteiger partial charge in [-0.15, -0.1) is 0 Å². The summed E-state index contributed by atoms with van der Waals surface area (Å²) in [4.78, 5) is 29.6. The van der Waals surface area contributed by atoms with E-state index in [1.54, 1.807) is 24.4 Å². The van der Waals surface area contributed by atoms with Crippen LogP contribution in [-0.2, 0) is 16.1 Å². The summed E-state index contributed by atoms with van der Waals surface area (Å²) < 4.78 is 0. The molecular weight excluding hydrogens is 314 g/mol. The molecule has 0 spiro atoms. The molecule has 0 aliphatic carbocycles. The van der Waals surface area contributed by atoms with Gasteiger partial charge in [0.15, 0.2) is 0 Å². The SMILES string of the molecule is CC(=O)N(CC(=O)Nc1cc(Cl)ccc1C)Cc1ccccn1. The average Bonchev–Trinajstić information content (AvgIpc) is 2.51. The minimum absolute atomic E-state index is 0.0438. The predicted octanol–water partition coefficient (Wildman–Crippen LogP) is 3.03. The maximum atomic E-state index is 12.2. The Labute approximate surface area is 140 Å². The number of carbonyl (C=O) groups excluding carboxylic acids is 2. The van der Waals surface area contributed by atoms with Crippen LogP contribution in [0, 0.1) is 6.92 Å². The standard InChI is InChI=1S/C17H18ClN3O2/c1-12-6-7-14(18)9-16(12)20-17(23)11-21(13(2)22)10-15-5-3-4-8-19-15/h3-9H,10-11H2,1-2H3,(H,20,23). The Morgan fingerprint density at radius 2 is 2.04 bits per heavy atom. The van der Waals surface area contributed by atoms with E-state index in [1.807, 2.05) is 25.1 Å². The summed E-state index contributed by atoms with van der Waals surface area (Å²) in [5.41, 5.74) is 2.28. The molecule has 0 aliphatic rings. The van der Waals surface area contributed by atoms with E-state index in [0.717, 1.165) is 11.3 Å². The Hall–Kier alpha value is -2.40. The molecule has 0 fully saturated rings. The van der Waals surface area contributed by atoms with Crippen molar-refractivity contribution in [3.05, 3.63) is 58.9 Å². The van der Waals surface area contributed by atoms with Crippen LogP contribution in [0.2, 0.25) is 5.02 Å². The second-order valence-electron chi connectivity index (χ2n) is 5.20. The van der Waals surface area contributed by atoms with Crippen molar-refractivity contribution in [2.45, 2.75) is 20.4 Å². The molecule has 0 saturated heterocycles. The molecule has 23 heavy (non-hydrogen) atoms. The van der Waals surface area contributed by atoms with Crippen molar-refractivity contribution in [1.29, 1.82) is 0 Å². The smallest absolute Gasteiger partial charge is 0.244 e. The summed E-state index contributed by atoms with van der Waals surface area (Å²) in [6, 6.07) is 10.7. The first kappa shape index (κ1) is 17.0. The van der Waals surface area contributed by atoms with Crippen LogP contribution in [0.3, 0.4) is 0 Å². The van der Waals surface area contributed by atoms with Crippen molar-refractivity contribution < 1.29 is 9.59 Å². The van der Waals surface area contributed by atoms with Gasteiger partial charge in [-0.2, -0.15) is 0 Å². The number of aryl methyl sites for hydroxylation is 1. The zero-order valence-corrected chi connectivity index (χ0v) is 13.8. The summed E-state index contributed by atoms with van der Waals surface area (Å²) in [7, 11) is 0. The molecule has 2 aromatic rings. The van der Waals surface area contributed by atoms with E-state index < -0.39 is 0 Å². The van der Waals surface area contributed by atoms with Crippen molar-refractivity contribution in [1.82, 2.24) is 9.88 Å². The molecule has 0 saturated carbocycles. The highest BCUT2D eigenvalue weighted by Gasteiger charge is 2.15. The van der Waals surface area contributed by atoms with E-state index >= 15 is 0 Å². The third-order valence-corrected chi connectivity index (χ3v) is 3.57. The molecule has 1 aromatic heterocycles. The summed E-state index contributed by atoms with van der Waals surface area (Å²) in [6.45, 7) is 3.55. The number of nitrogens with zero attached hydrogens (tertiary/aromatic N) is 2. The first-order valence-corrected chi connectivity index (χ1v) is 7.55. The molecular formula is C17H18ClN3O2. The third-order valence-electron chi connectivity index (χ3n) is 3.33. The summed E-state index contributed by atoms with van der Waals surface area (Å²) in [5.74, 6) is -0.463. The van der Waals surface area contributed by atoms with Gasteiger partial charge in [0.05, 0.1) is 12.2 Å². The normalized spacial score (nSPS) is 10.2. The Balaban J connectivity index is 2.03. The molecule has 2 amide bonds. The summed E-state index contributed by atoms with van der Waals surface area (Å²) >= 11 is 5.94. The van der Waals surface area contributed by atoms with Crippen molar-refractivity contribution in [2.75, 3.05) is 11.9 Å². The fraction of sp³-hybridized carbons (Fsp3) is 0.235. The minimum atomic E-state index is -0.276. The highest BCUT2D eigenvalue weighted by atomic mass is 35.5. The lowest BCUT2D eigenvalue weighted by molar-refractivity contribution is -0.133. The lowest BCUT2D eigenvalue weighted by Crippen LogP contribution is -2.36. The average molecular weight is 332 g/mol. The Morgan fingerprint density at radius 3 is 2.70 bits per heavy atom. The number of hydrogen-bond donors (Lipinski definition) is 1. The van der Waals surface area contributed by atoms with Crippen molar-refractivity contribution in [3.63, 3.8) is 0 Å². The van der Waals surface area contributed by atoms with E-state index in [9.17, 15) is 9.59 Å². The third kappa shape index (κ3) is 5.07. The van der Waals surface area contributed by atoms with Gasteiger partial charge in [-0.25, -0.2) is 0 Å². The van der Waals surface area contributed by atoms with Gasteiger partial charge in [-0.3, -0.25) is 14.6 Å². The van der Waals surface area contributed by atoms with Crippen LogP contribution in [-0.4, -0.2) is 28.2 Å². The molecule has 5 nitrogen and oxygen atoms in total. The lowest BCUT2D eigenvalue weighted by Gasteiger charge is -2.20. The van der Waals surface area contributed by atoms with Crippen LogP contribution in [0.5, 0.6) is 0 Å². The minimum Gasteiger partial charge on any atom is -0.328 e. The maximum absolute atomic E-state index is 12.2. The largest absolute Gasteiger partial charge is 0.328 e. The van der Waals surface area contributed by atoms with Crippen LogP contribution in [0.4, 0.5) is 5.69 Å². The number of anilines is 1. The molecule has 1 heterocycles. The molecule has 6 heteroatoms. The van der Waals surface area contributed by atoms with Crippen LogP contribution in [0.1, 0.15) is 18.2 Å². The Morgan fingerprint density at radius 1 is 1.26 bits per heavy atom. The molecule has 0 radical (unpaired) electrons. The van der Waals surface area contributed by atoms with Gasteiger partial charge in [-0.1, -0.05) is 23.7 Å². The Kier molecular flexibility index (Phi) is 5.71. The molecule has 1 N–H and O–H groups in total. The van der Waals surface area contributed by atoms with Crippen LogP contribution < -0.4 is 5.32 Å². The van der Waals surface area contributed by atoms with E-state index in [1.165, 1.54) is 11.8 Å². The topological polar surface area (TPSA) is 62.3 Å². The summed E-state index contributed by atoms with van der Waals surface area (Å²) in [6.07, 6.45) is 1.66. The monoisotopic (exact) mass is 331 g/mol. The van der Waals surface area contributed by atoms with Gasteiger partial charge in [0.2, 0.25) is 11.8 Å². The molecule has 0 unspecified atom stereocenters. The number of carbonyl (C=O) groups is 2. The van der Waals surface area contributed by atoms with Crippen LogP contribution in [0.15, 0.2) is 42.6 Å². The number of benzene rings is 1. The first-order chi connectivity index (χ1) is 11.0. The van der Waals surface area contributed by atoms with Gasteiger partial charge in [-0.05, 0) is 36.8 Å². The number of nitrogens with one attached hydrogen (secondary N) is 1. The zero-order valence-electron chi connectivity index (χ0n) is 13.0. The molecule has 0 aliphatic heterocycles. The molecule has 0 bridgehead atoms. The van der Waals surface area contributed by atoms with Gasteiger partial charge >= 0.3 is 0 Å². The van der Waals surface area contributed by atoms with Gasteiger partial charge < -0.3 is 10.2 Å².